The molecule has 0 aromatic heterocycles. The van der Waals surface area contributed by atoms with Gasteiger partial charge in [0.1, 0.15) is 17.9 Å². The van der Waals surface area contributed by atoms with Crippen LogP contribution in [0.4, 0.5) is 14.9 Å². The van der Waals surface area contributed by atoms with Gasteiger partial charge in [-0.15, -0.1) is 0 Å². The summed E-state index contributed by atoms with van der Waals surface area (Å²) in [5, 5.41) is 21.7. The molecule has 0 saturated heterocycles. The number of amides is 3. The van der Waals surface area contributed by atoms with E-state index in [0.29, 0.717) is 0 Å². The summed E-state index contributed by atoms with van der Waals surface area (Å²) in [5.41, 5.74) is 4.68. The number of nitrogens with zero attached hydrogens (tertiary/aromatic N) is 1. The van der Waals surface area contributed by atoms with Crippen LogP contribution in [0.2, 0.25) is 0 Å². The maximum Gasteiger partial charge on any atom is 0.326 e. The summed E-state index contributed by atoms with van der Waals surface area (Å²) < 4.78 is 13.1. The molecule has 1 aromatic rings. The minimum atomic E-state index is -1.49. The molecular weight excluding hydrogens is 283 g/mol. The number of hydrogen-bond donors (Lipinski definition) is 4. The predicted octanol–water partition coefficient (Wildman–Crippen LogP) is 0.147. The Morgan fingerprint density at radius 2 is 2.10 bits per heavy atom. The van der Waals surface area contributed by atoms with Gasteiger partial charge in [0.15, 0.2) is 0 Å². The number of carbonyl (C=O) groups is 3. The summed E-state index contributed by atoms with van der Waals surface area (Å²) in [6.45, 7) is 0. The van der Waals surface area contributed by atoms with Crippen LogP contribution in [0, 0.1) is 17.1 Å². The molecule has 1 rings (SSSR count). The number of carbonyl (C=O) groups excluding carboxylic acids is 2. The average Bonchev–Trinajstić information content (AvgIpc) is 2.39. The van der Waals surface area contributed by atoms with E-state index in [1.54, 1.807) is 6.07 Å². The molecule has 0 bridgehead atoms. The summed E-state index contributed by atoms with van der Waals surface area (Å²) in [6.07, 6.45) is -0.574. The third-order valence-corrected chi connectivity index (χ3v) is 2.35. The van der Waals surface area contributed by atoms with Crippen molar-refractivity contribution in [3.63, 3.8) is 0 Å². The van der Waals surface area contributed by atoms with Crippen LogP contribution in [0.1, 0.15) is 12.0 Å². The number of anilines is 1. The number of nitriles is 1. The van der Waals surface area contributed by atoms with Gasteiger partial charge in [-0.25, -0.2) is 14.0 Å². The molecular formula is C12H11FN4O4. The van der Waals surface area contributed by atoms with Gasteiger partial charge in [-0.2, -0.15) is 5.26 Å². The van der Waals surface area contributed by atoms with E-state index in [-0.39, 0.29) is 11.3 Å². The lowest BCUT2D eigenvalue weighted by atomic mass is 10.2. The molecule has 0 saturated carbocycles. The second kappa shape index (κ2) is 6.85. The Morgan fingerprint density at radius 1 is 1.43 bits per heavy atom. The molecule has 5 N–H and O–H groups in total. The molecule has 21 heavy (non-hydrogen) atoms. The fourth-order valence-corrected chi connectivity index (χ4v) is 1.42. The SMILES string of the molecule is N#Cc1cc(NC(=O)N[C@H](CC(N)=O)C(=O)O)ccc1F. The highest BCUT2D eigenvalue weighted by Crippen LogP contribution is 2.13. The maximum absolute atomic E-state index is 13.1. The Morgan fingerprint density at radius 3 is 2.62 bits per heavy atom. The molecule has 0 spiro atoms. The molecule has 0 radical (unpaired) electrons. The van der Waals surface area contributed by atoms with Crippen LogP contribution in [-0.4, -0.2) is 29.1 Å². The maximum atomic E-state index is 13.1. The van der Waals surface area contributed by atoms with Gasteiger partial charge >= 0.3 is 12.0 Å². The number of halogens is 1. The first-order chi connectivity index (χ1) is 9.83. The summed E-state index contributed by atoms with van der Waals surface area (Å²) in [5.74, 6) is -3.07. The smallest absolute Gasteiger partial charge is 0.326 e. The van der Waals surface area contributed by atoms with Crippen molar-refractivity contribution in [2.75, 3.05) is 5.32 Å². The van der Waals surface area contributed by atoms with Gasteiger partial charge in [-0.3, -0.25) is 4.79 Å². The minimum Gasteiger partial charge on any atom is -0.480 e. The standard InChI is InChI=1S/C12H11FN4O4/c13-8-2-1-7(3-6(8)5-14)16-12(21)17-9(11(19)20)4-10(15)18/h1-3,9H,4H2,(H2,15,18)(H,19,20)(H2,16,17,21)/t9-/m1/s1. The van der Waals surface area contributed by atoms with E-state index >= 15 is 0 Å². The average molecular weight is 294 g/mol. The zero-order chi connectivity index (χ0) is 16.0. The van der Waals surface area contributed by atoms with Crippen molar-refractivity contribution in [3.05, 3.63) is 29.6 Å². The van der Waals surface area contributed by atoms with Crippen molar-refractivity contribution < 1.29 is 23.9 Å². The molecule has 0 unspecified atom stereocenters. The summed E-state index contributed by atoms with van der Waals surface area (Å²) >= 11 is 0. The lowest BCUT2D eigenvalue weighted by molar-refractivity contribution is -0.140. The van der Waals surface area contributed by atoms with Crippen molar-refractivity contribution >= 4 is 23.6 Å². The number of rotatable bonds is 5. The highest BCUT2D eigenvalue weighted by Gasteiger charge is 2.22. The molecule has 0 fully saturated rings. The van der Waals surface area contributed by atoms with Gasteiger partial charge in [0, 0.05) is 5.69 Å². The lowest BCUT2D eigenvalue weighted by Crippen LogP contribution is -2.45. The molecule has 0 aliphatic carbocycles. The van der Waals surface area contributed by atoms with Crippen molar-refractivity contribution in [2.45, 2.75) is 12.5 Å². The van der Waals surface area contributed by atoms with Crippen LogP contribution in [0.15, 0.2) is 18.2 Å². The Labute approximate surface area is 118 Å². The van der Waals surface area contributed by atoms with Crippen molar-refractivity contribution in [1.29, 1.82) is 5.26 Å². The third kappa shape index (κ3) is 4.79. The van der Waals surface area contributed by atoms with Crippen LogP contribution in [0.25, 0.3) is 0 Å². The monoisotopic (exact) mass is 294 g/mol. The third-order valence-electron chi connectivity index (χ3n) is 2.35. The fraction of sp³-hybridized carbons (Fsp3) is 0.167. The number of primary amides is 1. The van der Waals surface area contributed by atoms with E-state index in [2.05, 4.69) is 5.32 Å². The summed E-state index contributed by atoms with van der Waals surface area (Å²) in [6, 6.07) is 2.43. The summed E-state index contributed by atoms with van der Waals surface area (Å²) in [7, 11) is 0. The first-order valence-corrected chi connectivity index (χ1v) is 5.61. The zero-order valence-electron chi connectivity index (χ0n) is 10.6. The van der Waals surface area contributed by atoms with Gasteiger partial charge in [0.25, 0.3) is 0 Å². The highest BCUT2D eigenvalue weighted by molar-refractivity contribution is 5.93. The lowest BCUT2D eigenvalue weighted by Gasteiger charge is -2.13. The Balaban J connectivity index is 2.74. The van der Waals surface area contributed by atoms with Crippen LogP contribution < -0.4 is 16.4 Å². The minimum absolute atomic E-state index is 0.0914. The predicted molar refractivity (Wildman–Crippen MR) is 68.5 cm³/mol. The molecule has 3 amide bonds. The second-order valence-corrected chi connectivity index (χ2v) is 3.97. The van der Waals surface area contributed by atoms with Crippen molar-refractivity contribution in [2.24, 2.45) is 5.73 Å². The van der Waals surface area contributed by atoms with Gasteiger partial charge < -0.3 is 21.5 Å². The van der Waals surface area contributed by atoms with E-state index in [4.69, 9.17) is 16.1 Å². The number of urea groups is 1. The fourth-order valence-electron chi connectivity index (χ4n) is 1.42. The van der Waals surface area contributed by atoms with E-state index in [0.717, 1.165) is 12.1 Å². The topological polar surface area (TPSA) is 145 Å². The van der Waals surface area contributed by atoms with E-state index in [9.17, 15) is 18.8 Å². The number of carboxylic acids is 1. The highest BCUT2D eigenvalue weighted by atomic mass is 19.1. The molecule has 110 valence electrons. The normalized spacial score (nSPS) is 11.0. The largest absolute Gasteiger partial charge is 0.480 e. The molecule has 1 aromatic carbocycles. The Hall–Kier alpha value is -3.15. The molecule has 9 heteroatoms. The van der Waals surface area contributed by atoms with Crippen molar-refractivity contribution in [3.8, 4) is 6.07 Å². The first-order valence-electron chi connectivity index (χ1n) is 5.61. The number of hydrogen-bond acceptors (Lipinski definition) is 4. The second-order valence-electron chi connectivity index (χ2n) is 3.97. The van der Waals surface area contributed by atoms with Crippen LogP contribution in [0.5, 0.6) is 0 Å². The number of nitrogens with one attached hydrogen (secondary N) is 2. The number of nitrogens with two attached hydrogens (primary N) is 1. The molecule has 0 aliphatic rings. The number of aliphatic carboxylic acids is 1. The molecule has 1 atom stereocenters. The Bertz CT molecular complexity index is 626. The van der Waals surface area contributed by atoms with E-state index in [1.807, 2.05) is 5.32 Å². The molecule has 0 aliphatic heterocycles. The number of carboxylic acid groups (broad SMARTS) is 1. The van der Waals surface area contributed by atoms with Crippen LogP contribution >= 0.6 is 0 Å². The first kappa shape index (κ1) is 15.9. The molecule has 0 heterocycles. The van der Waals surface area contributed by atoms with Crippen molar-refractivity contribution in [1.82, 2.24) is 5.32 Å². The van der Waals surface area contributed by atoms with E-state index < -0.39 is 36.2 Å². The Kier molecular flexibility index (Phi) is 5.19. The quantitative estimate of drug-likeness (QED) is 0.610. The zero-order valence-corrected chi connectivity index (χ0v) is 10.6. The van der Waals surface area contributed by atoms with Gasteiger partial charge in [0.2, 0.25) is 5.91 Å². The van der Waals surface area contributed by atoms with Crippen LogP contribution in [-0.2, 0) is 9.59 Å². The van der Waals surface area contributed by atoms with Gasteiger partial charge in [-0.1, -0.05) is 0 Å². The summed E-state index contributed by atoms with van der Waals surface area (Å²) in [4.78, 5) is 33.1. The van der Waals surface area contributed by atoms with E-state index in [1.165, 1.54) is 6.07 Å². The molecule has 8 nitrogen and oxygen atoms in total. The van der Waals surface area contributed by atoms with Crippen LogP contribution in [0.3, 0.4) is 0 Å². The van der Waals surface area contributed by atoms with Gasteiger partial charge in [-0.05, 0) is 18.2 Å². The number of benzene rings is 1. The van der Waals surface area contributed by atoms with Gasteiger partial charge in [0.05, 0.1) is 12.0 Å².